The van der Waals surface area contributed by atoms with Crippen molar-refractivity contribution in [2.45, 2.75) is 62.7 Å². The van der Waals surface area contributed by atoms with Crippen LogP contribution in [0.5, 0.6) is 0 Å². The highest BCUT2D eigenvalue weighted by Crippen LogP contribution is 2.30. The molecule has 8 nitrogen and oxygen atoms in total. The molecule has 0 spiro atoms. The first-order valence-corrected chi connectivity index (χ1v) is 13.4. The first-order chi connectivity index (χ1) is 15.3. The van der Waals surface area contributed by atoms with Gasteiger partial charge in [-0.25, -0.2) is 13.4 Å². The normalized spacial score (nSPS) is 28.8. The van der Waals surface area contributed by atoms with Crippen LogP contribution in [0.15, 0.2) is 23.2 Å². The van der Waals surface area contributed by atoms with E-state index in [1.165, 1.54) is 16.6 Å². The molecule has 0 aromatic carbocycles. The summed E-state index contributed by atoms with van der Waals surface area (Å²) in [6.07, 6.45) is 5.01. The van der Waals surface area contributed by atoms with Crippen molar-refractivity contribution in [2.75, 3.05) is 39.3 Å². The van der Waals surface area contributed by atoms with Crippen LogP contribution < -0.4 is 0 Å². The summed E-state index contributed by atoms with van der Waals surface area (Å²) in [5, 5.41) is -0.0163. The van der Waals surface area contributed by atoms with E-state index in [-0.39, 0.29) is 40.1 Å². The lowest BCUT2D eigenvalue weighted by molar-refractivity contribution is -0.138. The van der Waals surface area contributed by atoms with Gasteiger partial charge in [-0.15, -0.1) is 0 Å². The molecule has 3 atom stereocenters. The largest absolute Gasteiger partial charge is 0.373 e. The lowest BCUT2D eigenvalue weighted by atomic mass is 9.96. The molecule has 10 heteroatoms. The van der Waals surface area contributed by atoms with Crippen molar-refractivity contribution < 1.29 is 17.9 Å². The maximum absolute atomic E-state index is 13.3. The van der Waals surface area contributed by atoms with Gasteiger partial charge in [0, 0.05) is 57.4 Å². The van der Waals surface area contributed by atoms with Gasteiger partial charge in [0.2, 0.25) is 15.9 Å². The minimum absolute atomic E-state index is 0.0163. The molecule has 0 saturated carbocycles. The van der Waals surface area contributed by atoms with Crippen molar-refractivity contribution in [3.63, 3.8) is 0 Å². The molecule has 0 N–H and O–H groups in total. The third kappa shape index (κ3) is 5.12. The summed E-state index contributed by atoms with van der Waals surface area (Å²) in [7, 11) is -3.71. The number of hydrogen-bond donors (Lipinski definition) is 0. The molecule has 4 rings (SSSR count). The first-order valence-electron chi connectivity index (χ1n) is 11.5. The molecular formula is C22H33ClN4O4S. The average molecular weight is 485 g/mol. The Morgan fingerprint density at radius 2 is 1.84 bits per heavy atom. The van der Waals surface area contributed by atoms with Gasteiger partial charge in [0.05, 0.1) is 12.2 Å². The second kappa shape index (κ2) is 9.93. The molecular weight excluding hydrogens is 452 g/mol. The van der Waals surface area contributed by atoms with Crippen molar-refractivity contribution in [2.24, 2.45) is 5.92 Å². The standard InChI is InChI=1S/C22H33ClN4O4S/c1-16-13-25(14-17(2)31-16)15-19-5-4-10-27(19)22(28)18-7-11-26(12-8-18)32(29,30)20-6-3-9-24-21(20)23/h3,6,9,16-19H,4-5,7-8,10-15H2,1-2H3. The minimum Gasteiger partial charge on any atom is -0.373 e. The van der Waals surface area contributed by atoms with Crippen LogP contribution in [0.3, 0.4) is 0 Å². The number of piperidine rings is 1. The van der Waals surface area contributed by atoms with E-state index >= 15 is 0 Å². The monoisotopic (exact) mass is 484 g/mol. The number of halogens is 1. The molecule has 178 valence electrons. The fraction of sp³-hybridized carbons (Fsp3) is 0.727. The van der Waals surface area contributed by atoms with Crippen molar-refractivity contribution >= 4 is 27.5 Å². The number of nitrogens with zero attached hydrogens (tertiary/aromatic N) is 4. The highest BCUT2D eigenvalue weighted by atomic mass is 35.5. The van der Waals surface area contributed by atoms with E-state index in [0.29, 0.717) is 25.9 Å². The molecule has 3 fully saturated rings. The lowest BCUT2D eigenvalue weighted by Crippen LogP contribution is -2.52. The Morgan fingerprint density at radius 3 is 2.50 bits per heavy atom. The van der Waals surface area contributed by atoms with Crippen molar-refractivity contribution in [3.05, 3.63) is 23.5 Å². The number of sulfonamides is 1. The lowest BCUT2D eigenvalue weighted by Gasteiger charge is -2.39. The van der Waals surface area contributed by atoms with Gasteiger partial charge in [-0.2, -0.15) is 4.31 Å². The third-order valence-electron chi connectivity index (χ3n) is 6.77. The molecule has 3 saturated heterocycles. The van der Waals surface area contributed by atoms with Gasteiger partial charge >= 0.3 is 0 Å². The van der Waals surface area contributed by atoms with Crippen LogP contribution in [0.25, 0.3) is 0 Å². The highest BCUT2D eigenvalue weighted by molar-refractivity contribution is 7.89. The molecule has 1 aromatic rings. The molecule has 1 amide bonds. The van der Waals surface area contributed by atoms with E-state index in [4.69, 9.17) is 16.3 Å². The van der Waals surface area contributed by atoms with E-state index in [9.17, 15) is 13.2 Å². The van der Waals surface area contributed by atoms with E-state index in [1.54, 1.807) is 6.07 Å². The number of aromatic nitrogens is 1. The fourth-order valence-corrected chi connectivity index (χ4v) is 7.23. The van der Waals surface area contributed by atoms with E-state index in [0.717, 1.165) is 39.0 Å². The van der Waals surface area contributed by atoms with Crippen LogP contribution in [0, 0.1) is 5.92 Å². The summed E-state index contributed by atoms with van der Waals surface area (Å²) in [5.74, 6) is 0.0484. The zero-order valence-corrected chi connectivity index (χ0v) is 20.4. The number of likely N-dealkylation sites (tertiary alicyclic amines) is 1. The molecule has 0 bridgehead atoms. The van der Waals surface area contributed by atoms with E-state index in [2.05, 4.69) is 28.6 Å². The number of rotatable bonds is 5. The van der Waals surface area contributed by atoms with Crippen molar-refractivity contribution in [1.82, 2.24) is 19.1 Å². The van der Waals surface area contributed by atoms with Crippen LogP contribution in [0.2, 0.25) is 5.15 Å². The molecule has 1 aromatic heterocycles. The van der Waals surface area contributed by atoms with Gasteiger partial charge in [0.25, 0.3) is 0 Å². The van der Waals surface area contributed by atoms with Crippen LogP contribution in [0.1, 0.15) is 39.5 Å². The van der Waals surface area contributed by atoms with Gasteiger partial charge in [-0.1, -0.05) is 11.6 Å². The number of morpholine rings is 1. The van der Waals surface area contributed by atoms with Gasteiger partial charge < -0.3 is 9.64 Å². The Morgan fingerprint density at radius 1 is 1.16 bits per heavy atom. The Hall–Kier alpha value is -1.26. The Bertz CT molecular complexity index is 912. The fourth-order valence-electron chi connectivity index (χ4n) is 5.33. The Balaban J connectivity index is 1.35. The number of pyridine rings is 1. The number of ether oxygens (including phenoxy) is 1. The molecule has 4 heterocycles. The second-order valence-corrected chi connectivity index (χ2v) is 11.5. The zero-order chi connectivity index (χ0) is 22.9. The van der Waals surface area contributed by atoms with Crippen molar-refractivity contribution in [3.8, 4) is 0 Å². The summed E-state index contributed by atoms with van der Waals surface area (Å²) >= 11 is 6.02. The summed E-state index contributed by atoms with van der Waals surface area (Å²) in [5.41, 5.74) is 0. The summed E-state index contributed by atoms with van der Waals surface area (Å²) in [6, 6.07) is 3.28. The van der Waals surface area contributed by atoms with Crippen LogP contribution in [-0.4, -0.2) is 90.9 Å². The first kappa shape index (κ1) is 23.9. The minimum atomic E-state index is -3.71. The topological polar surface area (TPSA) is 83.0 Å². The third-order valence-corrected chi connectivity index (χ3v) is 9.11. The van der Waals surface area contributed by atoms with Crippen LogP contribution in [0.4, 0.5) is 0 Å². The Kier molecular flexibility index (Phi) is 7.41. The molecule has 0 aliphatic carbocycles. The number of amides is 1. The molecule has 3 unspecified atom stereocenters. The average Bonchev–Trinajstić information content (AvgIpc) is 3.20. The smallest absolute Gasteiger partial charge is 0.246 e. The van der Waals surface area contributed by atoms with Gasteiger partial charge in [0.15, 0.2) is 0 Å². The summed E-state index contributed by atoms with van der Waals surface area (Å²) < 4.78 is 33.2. The molecule has 0 radical (unpaired) electrons. The van der Waals surface area contributed by atoms with Crippen molar-refractivity contribution in [1.29, 1.82) is 0 Å². The molecule has 3 aliphatic rings. The quantitative estimate of drug-likeness (QED) is 0.596. The van der Waals surface area contributed by atoms with E-state index < -0.39 is 10.0 Å². The SMILES string of the molecule is CC1CN(CC2CCCN2C(=O)C2CCN(S(=O)(=O)c3cccnc3Cl)CC2)CC(C)O1. The van der Waals surface area contributed by atoms with Crippen LogP contribution >= 0.6 is 11.6 Å². The molecule has 3 aliphatic heterocycles. The van der Waals surface area contributed by atoms with Crippen LogP contribution in [-0.2, 0) is 19.6 Å². The van der Waals surface area contributed by atoms with E-state index in [1.807, 2.05) is 0 Å². The van der Waals surface area contributed by atoms with Gasteiger partial charge in [0.1, 0.15) is 10.0 Å². The Labute approximate surface area is 195 Å². The maximum Gasteiger partial charge on any atom is 0.246 e. The summed E-state index contributed by atoms with van der Waals surface area (Å²) in [4.78, 5) is 21.7. The second-order valence-electron chi connectivity index (χ2n) is 9.27. The number of carbonyl (C=O) groups is 1. The highest BCUT2D eigenvalue weighted by Gasteiger charge is 2.38. The molecule has 32 heavy (non-hydrogen) atoms. The number of carbonyl (C=O) groups excluding carboxylic acids is 1. The maximum atomic E-state index is 13.3. The van der Waals surface area contributed by atoms with Gasteiger partial charge in [-0.05, 0) is 51.7 Å². The predicted octanol–water partition coefficient (Wildman–Crippen LogP) is 2.24. The predicted molar refractivity (Wildman–Crippen MR) is 122 cm³/mol. The van der Waals surface area contributed by atoms with Gasteiger partial charge in [-0.3, -0.25) is 9.69 Å². The summed E-state index contributed by atoms with van der Waals surface area (Å²) in [6.45, 7) is 8.31. The number of hydrogen-bond acceptors (Lipinski definition) is 6. The zero-order valence-electron chi connectivity index (χ0n) is 18.8.